The molecule has 0 spiro atoms. The highest BCUT2D eigenvalue weighted by molar-refractivity contribution is 5.92. The summed E-state index contributed by atoms with van der Waals surface area (Å²) in [5, 5.41) is 19.6. The summed E-state index contributed by atoms with van der Waals surface area (Å²) in [7, 11) is 0. The first-order valence-electron chi connectivity index (χ1n) is 14.1. The molecule has 5 N–H and O–H groups in total. The number of hydrogen-bond acceptors (Lipinski definition) is 7. The Morgan fingerprint density at radius 2 is 1.85 bits per heavy atom. The van der Waals surface area contributed by atoms with Crippen LogP contribution in [0.3, 0.4) is 0 Å². The molecule has 10 heteroatoms. The second kappa shape index (κ2) is 14.1. The maximum atomic E-state index is 13.5. The Morgan fingerprint density at radius 1 is 1.15 bits per heavy atom. The largest absolute Gasteiger partial charge is 0.508 e. The predicted octanol–water partition coefficient (Wildman–Crippen LogP) is 3.03. The van der Waals surface area contributed by atoms with E-state index in [0.717, 1.165) is 29.7 Å². The van der Waals surface area contributed by atoms with Crippen LogP contribution < -0.4 is 16.4 Å². The topological polar surface area (TPSA) is 151 Å². The number of aryl methyl sites for hydroxylation is 1. The number of phenols is 1. The van der Waals surface area contributed by atoms with Gasteiger partial charge < -0.3 is 30.9 Å². The van der Waals surface area contributed by atoms with Crippen molar-refractivity contribution in [3.63, 3.8) is 0 Å². The summed E-state index contributed by atoms with van der Waals surface area (Å²) >= 11 is 0. The van der Waals surface area contributed by atoms with Gasteiger partial charge in [0.05, 0.1) is 5.92 Å². The number of hydrogen-bond donors (Lipinski definition) is 4. The zero-order chi connectivity index (χ0) is 28.5. The van der Waals surface area contributed by atoms with E-state index in [4.69, 9.17) is 10.3 Å². The monoisotopic (exact) mass is 541 g/mol. The zero-order valence-electron chi connectivity index (χ0n) is 23.5. The molecular formula is C29H43N5O5. The molecule has 2 atom stereocenters. The predicted molar refractivity (Wildman–Crippen MR) is 148 cm³/mol. The Balaban J connectivity index is 0.00000205. The van der Waals surface area contributed by atoms with Crippen molar-refractivity contribution >= 4 is 17.7 Å². The lowest BCUT2D eigenvalue weighted by Crippen LogP contribution is -2.50. The number of nitrogens with one attached hydrogen (secondary N) is 2. The highest BCUT2D eigenvalue weighted by Gasteiger charge is 2.31. The summed E-state index contributed by atoms with van der Waals surface area (Å²) in [4.78, 5) is 40.1. The van der Waals surface area contributed by atoms with Gasteiger partial charge in [-0.15, -0.1) is 0 Å². The average Bonchev–Trinajstić information content (AvgIpc) is 3.65. The minimum Gasteiger partial charge on any atom is -0.508 e. The van der Waals surface area contributed by atoms with Crippen molar-refractivity contribution in [3.8, 4) is 5.75 Å². The fourth-order valence-corrected chi connectivity index (χ4v) is 4.70. The Kier molecular flexibility index (Phi) is 10.9. The highest BCUT2D eigenvalue weighted by Crippen LogP contribution is 2.40. The van der Waals surface area contributed by atoms with Crippen LogP contribution in [-0.4, -0.2) is 64.6 Å². The van der Waals surface area contributed by atoms with Crippen LogP contribution >= 0.6 is 0 Å². The van der Waals surface area contributed by atoms with Crippen molar-refractivity contribution in [2.45, 2.75) is 84.2 Å². The maximum Gasteiger partial charge on any atom is 0.273 e. The summed E-state index contributed by atoms with van der Waals surface area (Å²) in [5.74, 6) is 0.436. The summed E-state index contributed by atoms with van der Waals surface area (Å²) in [6.45, 7) is 8.80. The van der Waals surface area contributed by atoms with Gasteiger partial charge in [0.25, 0.3) is 5.91 Å². The van der Waals surface area contributed by atoms with E-state index in [-0.39, 0.29) is 48.5 Å². The summed E-state index contributed by atoms with van der Waals surface area (Å²) < 4.78 is 5.28. The first-order valence-corrected chi connectivity index (χ1v) is 14.1. The Morgan fingerprint density at radius 3 is 2.46 bits per heavy atom. The van der Waals surface area contributed by atoms with Crippen LogP contribution in [0.1, 0.15) is 86.2 Å². The fourth-order valence-electron chi connectivity index (χ4n) is 4.70. The minimum absolute atomic E-state index is 0.0397. The number of aromatic hydroxyl groups is 1. The van der Waals surface area contributed by atoms with Gasteiger partial charge in [-0.05, 0) is 63.1 Å². The number of carbonyl (C=O) groups is 3. The molecule has 1 saturated heterocycles. The number of aromatic nitrogens is 1. The number of rotatable bonds is 10. The normalized spacial score (nSPS) is 17.0. The second-order valence-electron chi connectivity index (χ2n) is 10.5. The molecule has 4 rings (SSSR count). The van der Waals surface area contributed by atoms with Gasteiger partial charge in [-0.1, -0.05) is 31.1 Å². The van der Waals surface area contributed by atoms with Crippen molar-refractivity contribution in [2.24, 2.45) is 11.7 Å². The number of phenolic OH excluding ortho intramolecular Hbond substituents is 1. The molecular weight excluding hydrogens is 498 g/mol. The second-order valence-corrected chi connectivity index (χ2v) is 10.5. The van der Waals surface area contributed by atoms with Crippen molar-refractivity contribution < 1.29 is 24.0 Å². The van der Waals surface area contributed by atoms with Crippen molar-refractivity contribution in [1.29, 1.82) is 0 Å². The molecule has 0 radical (unpaired) electrons. The van der Waals surface area contributed by atoms with Crippen LogP contribution in [0.25, 0.3) is 0 Å². The van der Waals surface area contributed by atoms with Crippen molar-refractivity contribution in [3.05, 3.63) is 46.8 Å². The average molecular weight is 542 g/mol. The number of likely N-dealkylation sites (tertiary alicyclic amines) is 1. The van der Waals surface area contributed by atoms with Gasteiger partial charge in [0.2, 0.25) is 11.8 Å². The molecule has 1 aliphatic heterocycles. The van der Waals surface area contributed by atoms with E-state index in [2.05, 4.69) is 15.8 Å². The summed E-state index contributed by atoms with van der Waals surface area (Å²) in [6, 6.07) is 6.69. The standard InChI is InChI=1S/C27H37N5O5.C2H6/c1-16-11-18(3-6-23(16)33)13-20(15-29-25(34)12-17(2)28)27(36)32-9-7-21(8-10-32)30-26(35)22-14-24(37-31-22)19-4-5-19;1-2/h3,6,11,14,17,19-21,33H,4-5,7-10,12-13,15,28H2,1-2H3,(H,29,34)(H,30,35);1-2H3. The van der Waals surface area contributed by atoms with E-state index in [1.54, 1.807) is 30.0 Å². The van der Waals surface area contributed by atoms with Crippen LogP contribution in [-0.2, 0) is 16.0 Å². The van der Waals surface area contributed by atoms with E-state index in [0.29, 0.717) is 44.0 Å². The Bertz CT molecular complexity index is 1120. The van der Waals surface area contributed by atoms with Gasteiger partial charge in [-0.3, -0.25) is 14.4 Å². The van der Waals surface area contributed by atoms with Gasteiger partial charge in [-0.2, -0.15) is 0 Å². The minimum atomic E-state index is -0.455. The molecule has 2 heterocycles. The third-order valence-corrected chi connectivity index (χ3v) is 7.03. The van der Waals surface area contributed by atoms with Crippen LogP contribution in [0.2, 0.25) is 0 Å². The quantitative estimate of drug-likeness (QED) is 0.361. The number of amides is 3. The van der Waals surface area contributed by atoms with Gasteiger partial charge >= 0.3 is 0 Å². The third kappa shape index (κ3) is 8.81. The number of benzene rings is 1. The summed E-state index contributed by atoms with van der Waals surface area (Å²) in [6.07, 6.45) is 4.04. The van der Waals surface area contributed by atoms with E-state index < -0.39 is 5.92 Å². The van der Waals surface area contributed by atoms with Crippen LogP contribution in [0.15, 0.2) is 28.8 Å². The molecule has 2 unspecified atom stereocenters. The molecule has 2 fully saturated rings. The highest BCUT2D eigenvalue weighted by atomic mass is 16.5. The van der Waals surface area contributed by atoms with Crippen molar-refractivity contribution in [2.75, 3.05) is 19.6 Å². The molecule has 3 amide bonds. The number of nitrogens with two attached hydrogens (primary N) is 1. The van der Waals surface area contributed by atoms with E-state index in [9.17, 15) is 19.5 Å². The van der Waals surface area contributed by atoms with E-state index in [1.165, 1.54) is 0 Å². The van der Waals surface area contributed by atoms with Gasteiger partial charge in [-0.25, -0.2) is 0 Å². The summed E-state index contributed by atoms with van der Waals surface area (Å²) in [5.41, 5.74) is 7.68. The molecule has 214 valence electrons. The lowest BCUT2D eigenvalue weighted by Gasteiger charge is -2.34. The smallest absolute Gasteiger partial charge is 0.273 e. The molecule has 1 aromatic heterocycles. The number of nitrogens with zero attached hydrogens (tertiary/aromatic N) is 2. The first kappa shape index (κ1) is 30.1. The SMILES string of the molecule is CC.Cc1cc(CC(CNC(=O)CC(C)N)C(=O)N2CCC(NC(=O)c3cc(C4CC4)on3)CC2)ccc1O. The lowest BCUT2D eigenvalue weighted by atomic mass is 9.94. The molecule has 10 nitrogen and oxygen atoms in total. The molecule has 1 aromatic carbocycles. The molecule has 0 bridgehead atoms. The molecule has 2 aromatic rings. The zero-order valence-corrected chi connectivity index (χ0v) is 23.5. The Labute approximate surface area is 230 Å². The molecule has 2 aliphatic rings. The van der Waals surface area contributed by atoms with Crippen LogP contribution in [0.5, 0.6) is 5.75 Å². The lowest BCUT2D eigenvalue weighted by molar-refractivity contribution is -0.136. The molecule has 1 saturated carbocycles. The van der Waals surface area contributed by atoms with Crippen LogP contribution in [0.4, 0.5) is 0 Å². The molecule has 1 aliphatic carbocycles. The maximum absolute atomic E-state index is 13.5. The third-order valence-electron chi connectivity index (χ3n) is 7.03. The van der Waals surface area contributed by atoms with Gasteiger partial charge in [0.1, 0.15) is 11.5 Å². The Hall–Kier alpha value is -3.40. The first-order chi connectivity index (χ1) is 18.7. The molecule has 39 heavy (non-hydrogen) atoms. The van der Waals surface area contributed by atoms with Gasteiger partial charge in [0, 0.05) is 50.1 Å². The fraction of sp³-hybridized carbons (Fsp3) is 0.586. The number of piperidine rings is 1. The van der Waals surface area contributed by atoms with Crippen molar-refractivity contribution in [1.82, 2.24) is 20.7 Å². The number of carbonyl (C=O) groups excluding carboxylic acids is 3. The van der Waals surface area contributed by atoms with E-state index in [1.807, 2.05) is 26.8 Å². The van der Waals surface area contributed by atoms with E-state index >= 15 is 0 Å². The van der Waals surface area contributed by atoms with Gasteiger partial charge in [0.15, 0.2) is 5.69 Å². The van der Waals surface area contributed by atoms with Crippen LogP contribution in [0, 0.1) is 12.8 Å².